The van der Waals surface area contributed by atoms with Crippen LogP contribution in [0.2, 0.25) is 0 Å². The van der Waals surface area contributed by atoms with Gasteiger partial charge >= 0.3 is 6.18 Å². The van der Waals surface area contributed by atoms with E-state index < -0.39 is 17.6 Å². The number of allylic oxidation sites excluding steroid dienone is 1. The molecule has 1 nitrogen and oxygen atoms in total. The molecule has 0 aliphatic rings. The van der Waals surface area contributed by atoms with Gasteiger partial charge in [-0.25, -0.2) is 4.39 Å². The van der Waals surface area contributed by atoms with E-state index in [-0.39, 0.29) is 0 Å². The second-order valence-corrected chi connectivity index (χ2v) is 3.97. The molecule has 0 aliphatic carbocycles. The lowest BCUT2D eigenvalue weighted by Crippen LogP contribution is -2.08. The number of benzene rings is 1. The molecule has 0 saturated heterocycles. The van der Waals surface area contributed by atoms with E-state index in [1.807, 2.05) is 6.08 Å². The molecular weight excluding hydrogens is 246 g/mol. The summed E-state index contributed by atoms with van der Waals surface area (Å²) >= 11 is 0. The second-order valence-electron chi connectivity index (χ2n) is 3.97. The van der Waals surface area contributed by atoms with Crippen molar-refractivity contribution in [1.82, 2.24) is 5.32 Å². The monoisotopic (exact) mass is 261 g/mol. The molecule has 0 aromatic heterocycles. The van der Waals surface area contributed by atoms with Gasteiger partial charge in [0.2, 0.25) is 0 Å². The largest absolute Gasteiger partial charge is 0.419 e. The molecule has 1 aromatic carbocycles. The molecule has 0 heterocycles. The van der Waals surface area contributed by atoms with Gasteiger partial charge in [-0.05, 0) is 50.2 Å². The minimum atomic E-state index is -4.66. The lowest BCUT2D eigenvalue weighted by Gasteiger charge is -2.10. The van der Waals surface area contributed by atoms with E-state index in [0.29, 0.717) is 17.6 Å². The first-order valence-electron chi connectivity index (χ1n) is 5.54. The van der Waals surface area contributed by atoms with Crippen LogP contribution in [0.5, 0.6) is 0 Å². The molecular formula is C13H15F4N. The maximum Gasteiger partial charge on any atom is 0.419 e. The maximum atomic E-state index is 13.1. The highest BCUT2D eigenvalue weighted by atomic mass is 19.4. The van der Waals surface area contributed by atoms with Gasteiger partial charge in [-0.15, -0.1) is 0 Å². The van der Waals surface area contributed by atoms with Gasteiger partial charge < -0.3 is 5.32 Å². The zero-order valence-electron chi connectivity index (χ0n) is 10.2. The molecule has 0 fully saturated rings. The van der Waals surface area contributed by atoms with E-state index in [4.69, 9.17) is 0 Å². The van der Waals surface area contributed by atoms with Crippen molar-refractivity contribution in [3.05, 3.63) is 41.2 Å². The second kappa shape index (κ2) is 6.00. The Bertz CT molecular complexity index is 435. The van der Waals surface area contributed by atoms with Crippen molar-refractivity contribution in [3.63, 3.8) is 0 Å². The maximum absolute atomic E-state index is 13.1. The van der Waals surface area contributed by atoms with Crippen LogP contribution in [0.3, 0.4) is 0 Å². The predicted octanol–water partition coefficient (Wildman–Crippen LogP) is 3.86. The van der Waals surface area contributed by atoms with E-state index in [9.17, 15) is 17.6 Å². The van der Waals surface area contributed by atoms with Gasteiger partial charge in [0.15, 0.2) is 0 Å². The number of nitrogens with one attached hydrogen (secondary N) is 1. The SMILES string of the molecule is CNCC/C=C(/C)c1ccc(F)c(C(F)(F)F)c1. The minimum Gasteiger partial charge on any atom is -0.319 e. The normalized spacial score (nSPS) is 12.9. The molecule has 1 N–H and O–H groups in total. The summed E-state index contributed by atoms with van der Waals surface area (Å²) in [5.74, 6) is -1.24. The van der Waals surface area contributed by atoms with Gasteiger partial charge in [0.1, 0.15) is 5.82 Å². The van der Waals surface area contributed by atoms with Crippen LogP contribution in [0.4, 0.5) is 17.6 Å². The molecule has 0 bridgehead atoms. The fourth-order valence-corrected chi connectivity index (χ4v) is 1.54. The Balaban J connectivity index is 3.01. The van der Waals surface area contributed by atoms with Crippen LogP contribution in [0.15, 0.2) is 24.3 Å². The highest BCUT2D eigenvalue weighted by molar-refractivity contribution is 5.64. The van der Waals surface area contributed by atoms with Crippen molar-refractivity contribution in [3.8, 4) is 0 Å². The van der Waals surface area contributed by atoms with Crippen LogP contribution >= 0.6 is 0 Å². The van der Waals surface area contributed by atoms with Crippen molar-refractivity contribution in [2.45, 2.75) is 19.5 Å². The van der Waals surface area contributed by atoms with Crippen LogP contribution in [-0.4, -0.2) is 13.6 Å². The van der Waals surface area contributed by atoms with E-state index in [0.717, 1.165) is 18.7 Å². The van der Waals surface area contributed by atoms with E-state index in [1.165, 1.54) is 6.07 Å². The van der Waals surface area contributed by atoms with Crippen LogP contribution in [0.25, 0.3) is 5.57 Å². The average molecular weight is 261 g/mol. The lowest BCUT2D eigenvalue weighted by atomic mass is 10.0. The first kappa shape index (κ1) is 14.7. The molecule has 0 spiro atoms. The molecule has 1 rings (SSSR count). The summed E-state index contributed by atoms with van der Waals surface area (Å²) in [4.78, 5) is 0. The van der Waals surface area contributed by atoms with Crippen molar-refractivity contribution >= 4 is 5.57 Å². The Morgan fingerprint density at radius 2 is 2.00 bits per heavy atom. The Morgan fingerprint density at radius 1 is 1.33 bits per heavy atom. The lowest BCUT2D eigenvalue weighted by molar-refractivity contribution is -0.140. The number of rotatable bonds is 4. The van der Waals surface area contributed by atoms with Crippen LogP contribution in [0.1, 0.15) is 24.5 Å². The summed E-state index contributed by atoms with van der Waals surface area (Å²) in [7, 11) is 1.79. The molecule has 5 heteroatoms. The smallest absolute Gasteiger partial charge is 0.319 e. The molecule has 0 amide bonds. The Labute approximate surface area is 104 Å². The van der Waals surface area contributed by atoms with Gasteiger partial charge in [-0.2, -0.15) is 13.2 Å². The number of hydrogen-bond acceptors (Lipinski definition) is 1. The first-order chi connectivity index (χ1) is 8.36. The number of alkyl halides is 3. The molecule has 100 valence electrons. The molecule has 1 aromatic rings. The van der Waals surface area contributed by atoms with Gasteiger partial charge in [0.25, 0.3) is 0 Å². The standard InChI is InChI=1S/C13H15F4N/c1-9(4-3-7-18-2)10-5-6-12(14)11(8-10)13(15,16)17/h4-6,8,18H,3,7H2,1-2H3/b9-4-. The summed E-state index contributed by atoms with van der Waals surface area (Å²) in [6.07, 6.45) is -2.13. The summed E-state index contributed by atoms with van der Waals surface area (Å²) in [5.41, 5.74) is -0.128. The van der Waals surface area contributed by atoms with Gasteiger partial charge in [-0.1, -0.05) is 12.1 Å². The summed E-state index contributed by atoms with van der Waals surface area (Å²) in [6.45, 7) is 2.45. The molecule has 0 aliphatic heterocycles. The van der Waals surface area contributed by atoms with Crippen LogP contribution < -0.4 is 5.32 Å². The van der Waals surface area contributed by atoms with Crippen molar-refractivity contribution in [2.24, 2.45) is 0 Å². The van der Waals surface area contributed by atoms with Gasteiger partial charge in [0.05, 0.1) is 5.56 Å². The highest BCUT2D eigenvalue weighted by Gasteiger charge is 2.34. The number of halogens is 4. The fourth-order valence-electron chi connectivity index (χ4n) is 1.54. The van der Waals surface area contributed by atoms with E-state index in [2.05, 4.69) is 5.32 Å². The van der Waals surface area contributed by atoms with E-state index in [1.54, 1.807) is 14.0 Å². The van der Waals surface area contributed by atoms with Crippen LogP contribution in [0, 0.1) is 5.82 Å². The van der Waals surface area contributed by atoms with Crippen LogP contribution in [-0.2, 0) is 6.18 Å². The quantitative estimate of drug-likeness (QED) is 0.641. The third kappa shape index (κ3) is 3.84. The minimum absolute atomic E-state index is 0.389. The average Bonchev–Trinajstić information content (AvgIpc) is 2.28. The van der Waals surface area contributed by atoms with E-state index >= 15 is 0 Å². The first-order valence-corrected chi connectivity index (χ1v) is 5.54. The van der Waals surface area contributed by atoms with Crippen molar-refractivity contribution < 1.29 is 17.6 Å². The van der Waals surface area contributed by atoms with Crippen molar-refractivity contribution in [1.29, 1.82) is 0 Å². The zero-order chi connectivity index (χ0) is 13.8. The number of hydrogen-bond donors (Lipinski definition) is 1. The van der Waals surface area contributed by atoms with Crippen molar-refractivity contribution in [2.75, 3.05) is 13.6 Å². The Hall–Kier alpha value is -1.36. The Morgan fingerprint density at radius 3 is 2.56 bits per heavy atom. The van der Waals surface area contributed by atoms with Gasteiger partial charge in [-0.3, -0.25) is 0 Å². The molecule has 0 atom stereocenters. The summed E-state index contributed by atoms with van der Waals surface area (Å²) < 4.78 is 50.7. The third-order valence-corrected chi connectivity index (χ3v) is 2.57. The highest BCUT2D eigenvalue weighted by Crippen LogP contribution is 2.33. The summed E-state index contributed by atoms with van der Waals surface area (Å²) in [6, 6.07) is 3.06. The van der Waals surface area contributed by atoms with Gasteiger partial charge in [0, 0.05) is 0 Å². The predicted molar refractivity (Wildman–Crippen MR) is 63.6 cm³/mol. The molecule has 0 saturated carbocycles. The Kier molecular flexibility index (Phi) is 4.90. The third-order valence-electron chi connectivity index (χ3n) is 2.57. The topological polar surface area (TPSA) is 12.0 Å². The molecule has 0 unspecified atom stereocenters. The molecule has 0 radical (unpaired) electrons. The fraction of sp³-hybridized carbons (Fsp3) is 0.385. The zero-order valence-corrected chi connectivity index (χ0v) is 10.2. The molecule has 18 heavy (non-hydrogen) atoms. The summed E-state index contributed by atoms with van der Waals surface area (Å²) in [5, 5.41) is 2.93.